The first-order valence-electron chi connectivity index (χ1n) is 11.3. The van der Waals surface area contributed by atoms with Crippen molar-refractivity contribution in [2.45, 2.75) is 46.7 Å². The SMILES string of the molecule is CCOC(=O)N1CCN(C(=O)C(C)n2cc(NC(=O)CCn3cc([N+](=O)[O-])c(C)n3)c(C)n2)CC1. The normalized spacial score (nSPS) is 14.5. The van der Waals surface area contributed by atoms with Crippen LogP contribution in [0.15, 0.2) is 12.4 Å². The van der Waals surface area contributed by atoms with Gasteiger partial charge in [-0.1, -0.05) is 0 Å². The van der Waals surface area contributed by atoms with Gasteiger partial charge in [-0.15, -0.1) is 0 Å². The van der Waals surface area contributed by atoms with E-state index in [4.69, 9.17) is 4.74 Å². The molecule has 1 aliphatic rings. The van der Waals surface area contributed by atoms with Gasteiger partial charge in [0, 0.05) is 45.3 Å². The summed E-state index contributed by atoms with van der Waals surface area (Å²) in [5.74, 6) is -0.443. The van der Waals surface area contributed by atoms with Gasteiger partial charge in [0.25, 0.3) is 0 Å². The highest BCUT2D eigenvalue weighted by molar-refractivity contribution is 5.91. The molecule has 0 spiro atoms. The third kappa shape index (κ3) is 6.13. The number of anilines is 1. The number of nitrogens with zero attached hydrogens (tertiary/aromatic N) is 7. The Kier molecular flexibility index (Phi) is 8.04. The minimum Gasteiger partial charge on any atom is -0.450 e. The van der Waals surface area contributed by atoms with Gasteiger partial charge in [-0.25, -0.2) is 4.79 Å². The van der Waals surface area contributed by atoms with Gasteiger partial charge in [0.05, 0.1) is 22.9 Å². The summed E-state index contributed by atoms with van der Waals surface area (Å²) in [6.45, 7) is 8.82. The van der Waals surface area contributed by atoms with Gasteiger partial charge in [0.1, 0.15) is 17.9 Å². The van der Waals surface area contributed by atoms with Crippen LogP contribution in [0.4, 0.5) is 16.2 Å². The Morgan fingerprint density at radius 3 is 2.37 bits per heavy atom. The lowest BCUT2D eigenvalue weighted by molar-refractivity contribution is -0.385. The van der Waals surface area contributed by atoms with Gasteiger partial charge in [-0.05, 0) is 27.7 Å². The van der Waals surface area contributed by atoms with Gasteiger partial charge in [0.15, 0.2) is 0 Å². The summed E-state index contributed by atoms with van der Waals surface area (Å²) in [5.41, 5.74) is 1.22. The van der Waals surface area contributed by atoms with Gasteiger partial charge < -0.3 is 19.9 Å². The molecule has 1 atom stereocenters. The smallest absolute Gasteiger partial charge is 0.409 e. The summed E-state index contributed by atoms with van der Waals surface area (Å²) >= 11 is 0. The molecule has 3 rings (SSSR count). The molecule has 0 bridgehead atoms. The van der Waals surface area contributed by atoms with Crippen molar-refractivity contribution in [1.82, 2.24) is 29.4 Å². The van der Waals surface area contributed by atoms with E-state index in [-0.39, 0.29) is 42.3 Å². The molecule has 2 aromatic rings. The largest absolute Gasteiger partial charge is 0.450 e. The van der Waals surface area contributed by atoms with E-state index in [2.05, 4.69) is 15.5 Å². The number of aromatic nitrogens is 4. The topological polar surface area (TPSA) is 158 Å². The van der Waals surface area contributed by atoms with E-state index in [0.29, 0.717) is 44.2 Å². The van der Waals surface area contributed by atoms with Crippen molar-refractivity contribution in [3.63, 3.8) is 0 Å². The highest BCUT2D eigenvalue weighted by atomic mass is 16.6. The van der Waals surface area contributed by atoms with Crippen molar-refractivity contribution >= 4 is 29.3 Å². The Bertz CT molecular complexity index is 1100. The van der Waals surface area contributed by atoms with Gasteiger partial charge in [-0.3, -0.25) is 29.1 Å². The molecule has 0 aliphatic carbocycles. The van der Waals surface area contributed by atoms with Crippen LogP contribution in [0.25, 0.3) is 0 Å². The number of amides is 3. The third-order valence-corrected chi connectivity index (χ3v) is 5.75. The number of nitrogens with one attached hydrogen (secondary N) is 1. The maximum Gasteiger partial charge on any atom is 0.409 e. The Hall–Kier alpha value is -3.97. The van der Waals surface area contributed by atoms with E-state index in [1.807, 2.05) is 0 Å². The van der Waals surface area contributed by atoms with Crippen LogP contribution < -0.4 is 5.32 Å². The standard InChI is InChI=1S/C21H30N8O6/c1-5-35-21(32)26-10-8-25(9-11-26)20(31)16(4)28-12-17(14(2)24-28)22-19(30)6-7-27-13-18(29(33)34)15(3)23-27/h12-13,16H,5-11H2,1-4H3,(H,22,30). The zero-order valence-corrected chi connectivity index (χ0v) is 20.3. The summed E-state index contributed by atoms with van der Waals surface area (Å²) in [6, 6.07) is -0.596. The maximum atomic E-state index is 13.0. The molecule has 0 radical (unpaired) electrons. The summed E-state index contributed by atoms with van der Waals surface area (Å²) in [5, 5.41) is 22.1. The van der Waals surface area contributed by atoms with Gasteiger partial charge in [-0.2, -0.15) is 10.2 Å². The predicted molar refractivity (Wildman–Crippen MR) is 124 cm³/mol. The first kappa shape index (κ1) is 25.6. The lowest BCUT2D eigenvalue weighted by Gasteiger charge is -2.35. The molecule has 3 heterocycles. The summed E-state index contributed by atoms with van der Waals surface area (Å²) in [6.07, 6.45) is 2.58. The molecule has 14 nitrogen and oxygen atoms in total. The number of carbonyl (C=O) groups excluding carboxylic acids is 3. The van der Waals surface area contributed by atoms with Crippen LogP contribution in [0, 0.1) is 24.0 Å². The molecule has 0 saturated carbocycles. The number of ether oxygens (including phenoxy) is 1. The quantitative estimate of drug-likeness (QED) is 0.431. The second-order valence-corrected chi connectivity index (χ2v) is 8.21. The molecular formula is C21H30N8O6. The number of nitro groups is 1. The molecular weight excluding hydrogens is 460 g/mol. The Balaban J connectivity index is 1.54. The zero-order valence-electron chi connectivity index (χ0n) is 20.3. The van der Waals surface area contributed by atoms with E-state index in [9.17, 15) is 24.5 Å². The first-order valence-corrected chi connectivity index (χ1v) is 11.3. The Morgan fingerprint density at radius 1 is 1.11 bits per heavy atom. The summed E-state index contributed by atoms with van der Waals surface area (Å²) < 4.78 is 7.87. The first-order chi connectivity index (χ1) is 16.6. The molecule has 1 unspecified atom stereocenters. The van der Waals surface area contributed by atoms with E-state index in [1.54, 1.807) is 36.8 Å². The maximum absolute atomic E-state index is 13.0. The molecule has 1 N–H and O–H groups in total. The van der Waals surface area contributed by atoms with Crippen molar-refractivity contribution < 1.29 is 24.0 Å². The molecule has 190 valence electrons. The minimum atomic E-state index is -0.596. The second kappa shape index (κ2) is 11.0. The third-order valence-electron chi connectivity index (χ3n) is 5.75. The fraction of sp³-hybridized carbons (Fsp3) is 0.571. The Labute approximate surface area is 201 Å². The van der Waals surface area contributed by atoms with Crippen molar-refractivity contribution in [3.05, 3.63) is 33.9 Å². The van der Waals surface area contributed by atoms with Crippen molar-refractivity contribution in [1.29, 1.82) is 0 Å². The molecule has 2 aromatic heterocycles. The minimum absolute atomic E-state index is 0.0577. The van der Waals surface area contributed by atoms with Crippen LogP contribution in [0.2, 0.25) is 0 Å². The average molecular weight is 491 g/mol. The van der Waals surface area contributed by atoms with E-state index in [1.165, 1.54) is 22.5 Å². The van der Waals surface area contributed by atoms with E-state index >= 15 is 0 Å². The fourth-order valence-corrected chi connectivity index (χ4v) is 3.73. The van der Waals surface area contributed by atoms with Crippen molar-refractivity contribution in [3.8, 4) is 0 Å². The fourth-order valence-electron chi connectivity index (χ4n) is 3.73. The molecule has 3 amide bonds. The highest BCUT2D eigenvalue weighted by Crippen LogP contribution is 2.19. The summed E-state index contributed by atoms with van der Waals surface area (Å²) in [7, 11) is 0. The van der Waals surface area contributed by atoms with Crippen LogP contribution in [0.1, 0.15) is 37.7 Å². The van der Waals surface area contributed by atoms with Crippen molar-refractivity contribution in [2.24, 2.45) is 0 Å². The molecule has 14 heteroatoms. The van der Waals surface area contributed by atoms with Crippen LogP contribution in [-0.2, 0) is 20.9 Å². The molecule has 1 saturated heterocycles. The van der Waals surface area contributed by atoms with Crippen molar-refractivity contribution in [2.75, 3.05) is 38.1 Å². The zero-order chi connectivity index (χ0) is 25.7. The monoisotopic (exact) mass is 490 g/mol. The molecule has 35 heavy (non-hydrogen) atoms. The lowest BCUT2D eigenvalue weighted by Crippen LogP contribution is -2.52. The van der Waals surface area contributed by atoms with Gasteiger partial charge in [0.2, 0.25) is 11.8 Å². The number of aryl methyl sites for hydroxylation is 3. The number of rotatable bonds is 8. The van der Waals surface area contributed by atoms with E-state index in [0.717, 1.165) is 0 Å². The van der Waals surface area contributed by atoms with Gasteiger partial charge >= 0.3 is 11.8 Å². The highest BCUT2D eigenvalue weighted by Gasteiger charge is 2.29. The van der Waals surface area contributed by atoms with Crippen LogP contribution >= 0.6 is 0 Å². The Morgan fingerprint density at radius 2 is 1.77 bits per heavy atom. The van der Waals surface area contributed by atoms with E-state index < -0.39 is 11.0 Å². The lowest BCUT2D eigenvalue weighted by atomic mass is 10.2. The number of hydrogen-bond donors (Lipinski definition) is 1. The molecule has 1 aliphatic heterocycles. The second-order valence-electron chi connectivity index (χ2n) is 8.21. The molecule has 1 fully saturated rings. The number of piperazine rings is 1. The molecule has 0 aromatic carbocycles. The van der Waals surface area contributed by atoms with Crippen LogP contribution in [0.5, 0.6) is 0 Å². The van der Waals surface area contributed by atoms with Crippen LogP contribution in [-0.4, -0.2) is 85.0 Å². The summed E-state index contributed by atoms with van der Waals surface area (Å²) in [4.78, 5) is 50.9. The van der Waals surface area contributed by atoms with Crippen LogP contribution in [0.3, 0.4) is 0 Å². The number of carbonyl (C=O) groups is 3. The predicted octanol–water partition coefficient (Wildman–Crippen LogP) is 1.50. The average Bonchev–Trinajstić information content (AvgIpc) is 3.39. The number of hydrogen-bond acceptors (Lipinski definition) is 8.